The van der Waals surface area contributed by atoms with Gasteiger partial charge in [-0.15, -0.1) is 11.3 Å². The van der Waals surface area contributed by atoms with Gasteiger partial charge in [0.15, 0.2) is 5.78 Å². The van der Waals surface area contributed by atoms with E-state index in [2.05, 4.69) is 10.4 Å². The molecular weight excluding hydrogens is 426 g/mol. The Kier molecular flexibility index (Phi) is 6.32. The number of fused-ring (bicyclic) bond motifs is 1. The number of Topliss-reactive ketones (excluding diaryl/α,β-unsaturated/α-hetero) is 1. The molecule has 7 nitrogen and oxygen atoms in total. The molecular formula is C24H23N3O4S. The van der Waals surface area contributed by atoms with Crippen molar-refractivity contribution in [2.75, 3.05) is 12.0 Å². The number of carbonyl (C=O) groups is 2. The van der Waals surface area contributed by atoms with Gasteiger partial charge in [0.25, 0.3) is 5.56 Å². The number of hydrogen-bond acceptors (Lipinski definition) is 7. The highest BCUT2D eigenvalue weighted by Gasteiger charge is 2.22. The van der Waals surface area contributed by atoms with Crippen molar-refractivity contribution in [3.63, 3.8) is 0 Å². The van der Waals surface area contributed by atoms with Crippen LogP contribution in [-0.4, -0.2) is 28.0 Å². The summed E-state index contributed by atoms with van der Waals surface area (Å²) in [6.45, 7) is 3.70. The van der Waals surface area contributed by atoms with Crippen LogP contribution in [0.25, 0.3) is 16.3 Å². The molecule has 0 atom stereocenters. The van der Waals surface area contributed by atoms with Crippen LogP contribution in [0.1, 0.15) is 47.0 Å². The number of nitrogens with one attached hydrogen (secondary N) is 1. The number of carbonyl (C=O) groups excluding carboxylic acids is 2. The van der Waals surface area contributed by atoms with Gasteiger partial charge in [-0.2, -0.15) is 0 Å². The summed E-state index contributed by atoms with van der Waals surface area (Å²) in [5, 5.41) is 0.367. The first-order valence-electron chi connectivity index (χ1n) is 10.4. The van der Waals surface area contributed by atoms with Crippen LogP contribution in [0.5, 0.6) is 0 Å². The van der Waals surface area contributed by atoms with Gasteiger partial charge < -0.3 is 4.74 Å². The van der Waals surface area contributed by atoms with Crippen molar-refractivity contribution >= 4 is 39.4 Å². The van der Waals surface area contributed by atoms with Crippen LogP contribution in [0, 0.1) is 6.92 Å². The van der Waals surface area contributed by atoms with E-state index in [1.54, 1.807) is 20.0 Å². The average molecular weight is 450 g/mol. The topological polar surface area (TPSA) is 90.3 Å². The minimum Gasteiger partial charge on any atom is -0.462 e. The van der Waals surface area contributed by atoms with Gasteiger partial charge in [0.1, 0.15) is 16.0 Å². The van der Waals surface area contributed by atoms with Crippen LogP contribution in [0.15, 0.2) is 58.8 Å². The molecule has 1 N–H and O–H groups in total. The zero-order valence-electron chi connectivity index (χ0n) is 17.9. The van der Waals surface area contributed by atoms with E-state index in [-0.39, 0.29) is 17.9 Å². The number of allylic oxidation sites excluding steroid dienone is 2. The predicted molar refractivity (Wildman–Crippen MR) is 125 cm³/mol. The fourth-order valence-corrected chi connectivity index (χ4v) is 4.72. The monoisotopic (exact) mass is 449 g/mol. The molecule has 32 heavy (non-hydrogen) atoms. The van der Waals surface area contributed by atoms with Gasteiger partial charge in [0.2, 0.25) is 0 Å². The van der Waals surface area contributed by atoms with Crippen molar-refractivity contribution in [3.05, 3.63) is 80.4 Å². The summed E-state index contributed by atoms with van der Waals surface area (Å²) in [6, 6.07) is 9.74. The second kappa shape index (κ2) is 9.32. The smallest absolute Gasteiger partial charge is 0.348 e. The quantitative estimate of drug-likeness (QED) is 0.464. The SMILES string of the molecule is CCOC(=O)c1sc2ncn(N/C=C3\CCC/C(=C/c4ccccc4)C3=O)c(=O)c2c1C. The summed E-state index contributed by atoms with van der Waals surface area (Å²) in [4.78, 5) is 43.2. The van der Waals surface area contributed by atoms with Gasteiger partial charge in [-0.1, -0.05) is 30.3 Å². The predicted octanol–water partition coefficient (Wildman–Crippen LogP) is 4.21. The molecule has 164 valence electrons. The number of esters is 1. The molecule has 4 rings (SSSR count). The Morgan fingerprint density at radius 2 is 1.97 bits per heavy atom. The summed E-state index contributed by atoms with van der Waals surface area (Å²) in [7, 11) is 0. The van der Waals surface area contributed by atoms with E-state index < -0.39 is 5.97 Å². The molecule has 1 aliphatic carbocycles. The molecule has 2 heterocycles. The maximum atomic E-state index is 13.0. The van der Waals surface area contributed by atoms with Crippen molar-refractivity contribution in [2.24, 2.45) is 0 Å². The van der Waals surface area contributed by atoms with Gasteiger partial charge >= 0.3 is 5.97 Å². The number of ketones is 1. The normalized spacial score (nSPS) is 16.6. The lowest BCUT2D eigenvalue weighted by Gasteiger charge is -2.17. The molecule has 0 amide bonds. The van der Waals surface area contributed by atoms with Crippen molar-refractivity contribution in [2.45, 2.75) is 33.1 Å². The molecule has 0 aliphatic heterocycles. The van der Waals surface area contributed by atoms with E-state index in [4.69, 9.17) is 4.74 Å². The van der Waals surface area contributed by atoms with Crippen molar-refractivity contribution in [1.29, 1.82) is 0 Å². The molecule has 8 heteroatoms. The summed E-state index contributed by atoms with van der Waals surface area (Å²) in [6.07, 6.45) is 7.07. The third-order valence-electron chi connectivity index (χ3n) is 5.31. The lowest BCUT2D eigenvalue weighted by molar-refractivity contribution is -0.112. The Hall–Kier alpha value is -3.52. The van der Waals surface area contributed by atoms with Crippen molar-refractivity contribution in [3.8, 4) is 0 Å². The second-order valence-corrected chi connectivity index (χ2v) is 8.44. The lowest BCUT2D eigenvalue weighted by atomic mass is 9.88. The maximum absolute atomic E-state index is 13.0. The molecule has 0 saturated heterocycles. The first-order chi connectivity index (χ1) is 15.5. The van der Waals surface area contributed by atoms with Gasteiger partial charge in [0, 0.05) is 17.3 Å². The molecule has 0 radical (unpaired) electrons. The third-order valence-corrected chi connectivity index (χ3v) is 6.49. The van der Waals surface area contributed by atoms with Gasteiger partial charge in [-0.25, -0.2) is 14.5 Å². The zero-order chi connectivity index (χ0) is 22.7. The Labute approximate surface area is 189 Å². The molecule has 1 aromatic carbocycles. The van der Waals surface area contributed by atoms with Crippen LogP contribution in [0.2, 0.25) is 0 Å². The minimum atomic E-state index is -0.459. The Bertz CT molecular complexity index is 1300. The summed E-state index contributed by atoms with van der Waals surface area (Å²) >= 11 is 1.14. The number of aryl methyl sites for hydroxylation is 1. The molecule has 1 fully saturated rings. The standard InChI is InChI=1S/C24H23N3O4S/c1-3-31-24(30)21-15(2)19-22(32-21)25-14-27(23(19)29)26-13-18-11-7-10-17(20(18)28)12-16-8-5-4-6-9-16/h4-6,8-9,12-14,26H,3,7,10-11H2,1-2H3/b17-12-,18-13+. The van der Waals surface area contributed by atoms with Crippen LogP contribution in [0.4, 0.5) is 0 Å². The highest BCUT2D eigenvalue weighted by atomic mass is 32.1. The van der Waals surface area contributed by atoms with Crippen molar-refractivity contribution in [1.82, 2.24) is 9.66 Å². The number of thiophene rings is 1. The lowest BCUT2D eigenvalue weighted by Crippen LogP contribution is -2.27. The van der Waals surface area contributed by atoms with E-state index in [0.29, 0.717) is 32.7 Å². The van der Waals surface area contributed by atoms with Gasteiger partial charge in [-0.05, 0) is 50.3 Å². The first-order valence-corrected chi connectivity index (χ1v) is 11.2. The third kappa shape index (κ3) is 4.27. The summed E-state index contributed by atoms with van der Waals surface area (Å²) in [5.74, 6) is -0.481. The summed E-state index contributed by atoms with van der Waals surface area (Å²) in [5.41, 5.74) is 5.47. The number of ether oxygens (including phenoxy) is 1. The van der Waals surface area contributed by atoms with Crippen LogP contribution in [-0.2, 0) is 9.53 Å². The second-order valence-electron chi connectivity index (χ2n) is 7.44. The van der Waals surface area contributed by atoms with E-state index in [1.807, 2.05) is 36.4 Å². The molecule has 3 aromatic rings. The summed E-state index contributed by atoms with van der Waals surface area (Å²) < 4.78 is 6.30. The van der Waals surface area contributed by atoms with E-state index in [9.17, 15) is 14.4 Å². The Morgan fingerprint density at radius 1 is 1.22 bits per heavy atom. The van der Waals surface area contributed by atoms with E-state index in [1.165, 1.54) is 11.0 Å². The number of hydrogen-bond donors (Lipinski definition) is 1. The average Bonchev–Trinajstić information content (AvgIpc) is 3.13. The van der Waals surface area contributed by atoms with Crippen LogP contribution < -0.4 is 11.0 Å². The first kappa shape index (κ1) is 21.7. The van der Waals surface area contributed by atoms with Crippen molar-refractivity contribution < 1.29 is 14.3 Å². The molecule has 0 bridgehead atoms. The van der Waals surface area contributed by atoms with Crippen LogP contribution in [0.3, 0.4) is 0 Å². The number of nitrogens with zero attached hydrogens (tertiary/aromatic N) is 2. The maximum Gasteiger partial charge on any atom is 0.348 e. The number of benzene rings is 1. The molecule has 2 aromatic heterocycles. The van der Waals surface area contributed by atoms with Gasteiger partial charge in [0.05, 0.1) is 12.0 Å². The Morgan fingerprint density at radius 3 is 2.72 bits per heavy atom. The number of rotatable bonds is 5. The van der Waals surface area contributed by atoms with Gasteiger partial charge in [-0.3, -0.25) is 15.0 Å². The molecule has 0 unspecified atom stereocenters. The fraction of sp³-hybridized carbons (Fsp3) is 0.250. The number of aromatic nitrogens is 2. The highest BCUT2D eigenvalue weighted by Crippen LogP contribution is 2.28. The van der Waals surface area contributed by atoms with E-state index >= 15 is 0 Å². The zero-order valence-corrected chi connectivity index (χ0v) is 18.7. The van der Waals surface area contributed by atoms with Crippen LogP contribution >= 0.6 is 11.3 Å². The molecule has 1 aliphatic rings. The minimum absolute atomic E-state index is 0.0222. The van der Waals surface area contributed by atoms with E-state index in [0.717, 1.165) is 35.3 Å². The fourth-order valence-electron chi connectivity index (χ4n) is 3.68. The molecule has 1 saturated carbocycles. The molecule has 0 spiro atoms. The highest BCUT2D eigenvalue weighted by molar-refractivity contribution is 7.20. The largest absolute Gasteiger partial charge is 0.462 e. The Balaban J connectivity index is 1.60.